The third-order valence-electron chi connectivity index (χ3n) is 6.01. The molecule has 0 radical (unpaired) electrons. The number of hydrazone groups is 1. The van der Waals surface area contributed by atoms with Crippen LogP contribution < -0.4 is 5.43 Å². The van der Waals surface area contributed by atoms with E-state index in [1.54, 1.807) is 18.3 Å². The van der Waals surface area contributed by atoms with Crippen molar-refractivity contribution in [1.29, 1.82) is 0 Å². The lowest BCUT2D eigenvalue weighted by Gasteiger charge is -2.11. The van der Waals surface area contributed by atoms with Crippen molar-refractivity contribution in [2.45, 2.75) is 13.8 Å². The maximum absolute atomic E-state index is 12.6. The number of hydrogen-bond donors (Lipinski definition) is 1. The van der Waals surface area contributed by atoms with Gasteiger partial charge in [-0.05, 0) is 55.3 Å². The number of aromatic nitrogens is 1. The van der Waals surface area contributed by atoms with Gasteiger partial charge in [0.25, 0.3) is 11.6 Å². The predicted octanol–water partition coefficient (Wildman–Crippen LogP) is 6.65. The van der Waals surface area contributed by atoms with Crippen molar-refractivity contribution in [3.63, 3.8) is 0 Å². The van der Waals surface area contributed by atoms with E-state index in [4.69, 9.17) is 0 Å². The van der Waals surface area contributed by atoms with Crippen molar-refractivity contribution in [1.82, 2.24) is 9.99 Å². The summed E-state index contributed by atoms with van der Waals surface area (Å²) in [6.45, 7) is 4.05. The predicted molar refractivity (Wildman–Crippen MR) is 144 cm³/mol. The molecule has 3 aromatic carbocycles. The third-order valence-corrected chi connectivity index (χ3v) is 7.12. The van der Waals surface area contributed by atoms with E-state index in [1.807, 2.05) is 38.1 Å². The molecule has 0 spiro atoms. The molecule has 2 aromatic heterocycles. The van der Waals surface area contributed by atoms with Gasteiger partial charge in [0.1, 0.15) is 0 Å². The number of hydrogen-bond acceptors (Lipinski definition) is 5. The summed E-state index contributed by atoms with van der Waals surface area (Å²) < 4.78 is 2.95. The monoisotopic (exact) mass is 494 g/mol. The Kier molecular flexibility index (Phi) is 6.18. The zero-order chi connectivity index (χ0) is 25.2. The van der Waals surface area contributed by atoms with Gasteiger partial charge in [0, 0.05) is 44.9 Å². The van der Waals surface area contributed by atoms with Crippen LogP contribution in [0.4, 0.5) is 5.69 Å². The first kappa shape index (κ1) is 23.2. The molecule has 178 valence electrons. The summed E-state index contributed by atoms with van der Waals surface area (Å²) in [5.74, 6) is -0.361. The third kappa shape index (κ3) is 4.54. The molecule has 0 aliphatic carbocycles. The maximum Gasteiger partial charge on any atom is 0.281 e. The van der Waals surface area contributed by atoms with Gasteiger partial charge < -0.3 is 4.57 Å². The molecular weight excluding hydrogens is 472 g/mol. The molecular formula is C28H22N4O3S. The van der Waals surface area contributed by atoms with Gasteiger partial charge in [0.15, 0.2) is 0 Å². The van der Waals surface area contributed by atoms with Crippen molar-refractivity contribution in [2.75, 3.05) is 0 Å². The maximum atomic E-state index is 12.6. The Labute approximate surface area is 211 Å². The number of aryl methyl sites for hydroxylation is 1. The normalized spacial score (nSPS) is 11.3. The molecule has 8 heteroatoms. The molecule has 0 saturated heterocycles. The number of benzene rings is 3. The fourth-order valence-corrected chi connectivity index (χ4v) is 5.15. The molecule has 5 aromatic rings. The summed E-state index contributed by atoms with van der Waals surface area (Å²) in [6.07, 6.45) is 1.63. The minimum absolute atomic E-state index is 0.00431. The summed E-state index contributed by atoms with van der Waals surface area (Å²) >= 11 is 1.27. The summed E-state index contributed by atoms with van der Waals surface area (Å²) in [6, 6.07) is 26.9. The SMILES string of the molecule is Cc1cc(C=NNC(=O)c2cc3cc([N+](=O)[O-])ccc3s2)c(C)n1-c1ccc(-c2ccccc2)cc1. The average Bonchev–Trinajstić information content (AvgIpc) is 3.44. The van der Waals surface area contributed by atoms with Crippen LogP contribution in [0.25, 0.3) is 26.9 Å². The zero-order valence-corrected chi connectivity index (χ0v) is 20.5. The number of nitrogens with one attached hydrogen (secondary N) is 1. The van der Waals surface area contributed by atoms with Gasteiger partial charge in [0.05, 0.1) is 16.0 Å². The van der Waals surface area contributed by atoms with Gasteiger partial charge in [-0.1, -0.05) is 42.5 Å². The minimum atomic E-state index is -0.449. The molecule has 0 unspecified atom stereocenters. The highest BCUT2D eigenvalue weighted by Crippen LogP contribution is 2.29. The van der Waals surface area contributed by atoms with E-state index in [-0.39, 0.29) is 11.6 Å². The van der Waals surface area contributed by atoms with Crippen molar-refractivity contribution < 1.29 is 9.72 Å². The number of non-ortho nitro benzene ring substituents is 1. The van der Waals surface area contributed by atoms with Crippen molar-refractivity contribution >= 4 is 39.2 Å². The Morgan fingerprint density at radius 1 is 0.972 bits per heavy atom. The molecule has 36 heavy (non-hydrogen) atoms. The quantitative estimate of drug-likeness (QED) is 0.163. The van der Waals surface area contributed by atoms with E-state index < -0.39 is 4.92 Å². The van der Waals surface area contributed by atoms with Gasteiger partial charge >= 0.3 is 0 Å². The van der Waals surface area contributed by atoms with Crippen LogP contribution in [0.2, 0.25) is 0 Å². The molecule has 2 heterocycles. The van der Waals surface area contributed by atoms with Crippen LogP contribution in [0.5, 0.6) is 0 Å². The number of thiophene rings is 1. The highest BCUT2D eigenvalue weighted by molar-refractivity contribution is 7.20. The Morgan fingerprint density at radius 3 is 2.42 bits per heavy atom. The minimum Gasteiger partial charge on any atom is -0.318 e. The number of carbonyl (C=O) groups is 1. The first-order chi connectivity index (χ1) is 17.4. The lowest BCUT2D eigenvalue weighted by molar-refractivity contribution is -0.384. The van der Waals surface area contributed by atoms with Crippen LogP contribution in [-0.2, 0) is 0 Å². The second-order valence-electron chi connectivity index (χ2n) is 8.36. The summed E-state index contributed by atoms with van der Waals surface area (Å²) in [5.41, 5.74) is 8.89. The Hall–Kier alpha value is -4.56. The number of carbonyl (C=O) groups excluding carboxylic acids is 1. The molecule has 0 fully saturated rings. The zero-order valence-electron chi connectivity index (χ0n) is 19.6. The van der Waals surface area contributed by atoms with Gasteiger partial charge in [-0.15, -0.1) is 11.3 Å². The lowest BCUT2D eigenvalue weighted by Crippen LogP contribution is -2.16. The molecule has 0 aliphatic heterocycles. The van der Waals surface area contributed by atoms with Crippen LogP contribution in [0.3, 0.4) is 0 Å². The van der Waals surface area contributed by atoms with Crippen LogP contribution in [-0.4, -0.2) is 21.6 Å². The van der Waals surface area contributed by atoms with Gasteiger partial charge in [0.2, 0.25) is 0 Å². The van der Waals surface area contributed by atoms with Crippen LogP contribution in [0.1, 0.15) is 26.6 Å². The van der Waals surface area contributed by atoms with Gasteiger partial charge in [-0.3, -0.25) is 14.9 Å². The smallest absolute Gasteiger partial charge is 0.281 e. The fourth-order valence-electron chi connectivity index (χ4n) is 4.22. The molecule has 0 atom stereocenters. The molecule has 5 rings (SSSR count). The van der Waals surface area contributed by atoms with Gasteiger partial charge in [-0.25, -0.2) is 5.43 Å². The molecule has 0 bridgehead atoms. The number of nitro groups is 1. The van der Waals surface area contributed by atoms with Crippen LogP contribution in [0.15, 0.2) is 90.0 Å². The standard InChI is InChI=1S/C28H22N4O3S/c1-18-14-23(19(2)31(18)24-10-8-21(9-11-24)20-6-4-3-5-7-20)17-29-30-28(33)27-16-22-15-25(32(34)35)12-13-26(22)36-27/h3-17H,1-2H3,(H,30,33). The number of amides is 1. The van der Waals surface area contributed by atoms with E-state index in [9.17, 15) is 14.9 Å². The molecule has 1 N–H and O–H groups in total. The van der Waals surface area contributed by atoms with Gasteiger partial charge in [-0.2, -0.15) is 5.10 Å². The second kappa shape index (κ2) is 9.59. The van der Waals surface area contributed by atoms with E-state index in [0.29, 0.717) is 10.3 Å². The van der Waals surface area contributed by atoms with Crippen molar-refractivity contribution in [2.24, 2.45) is 5.10 Å². The fraction of sp³-hybridized carbons (Fsp3) is 0.0714. The number of fused-ring (bicyclic) bond motifs is 1. The molecule has 1 amide bonds. The largest absolute Gasteiger partial charge is 0.318 e. The topological polar surface area (TPSA) is 89.5 Å². The number of nitro benzene ring substituents is 1. The van der Waals surface area contributed by atoms with E-state index >= 15 is 0 Å². The Morgan fingerprint density at radius 2 is 1.69 bits per heavy atom. The summed E-state index contributed by atoms with van der Waals surface area (Å²) in [5, 5.41) is 15.8. The Bertz CT molecular complexity index is 1620. The highest BCUT2D eigenvalue weighted by Gasteiger charge is 2.14. The van der Waals surface area contributed by atoms with Crippen LogP contribution in [0, 0.1) is 24.0 Å². The van der Waals surface area contributed by atoms with E-state index in [1.165, 1.54) is 29.0 Å². The van der Waals surface area contributed by atoms with Crippen molar-refractivity contribution in [3.8, 4) is 16.8 Å². The van der Waals surface area contributed by atoms with E-state index in [2.05, 4.69) is 51.5 Å². The van der Waals surface area contributed by atoms with Crippen molar-refractivity contribution in [3.05, 3.63) is 117 Å². The molecule has 0 aliphatic rings. The first-order valence-electron chi connectivity index (χ1n) is 11.3. The van der Waals surface area contributed by atoms with E-state index in [0.717, 1.165) is 32.9 Å². The highest BCUT2D eigenvalue weighted by atomic mass is 32.1. The Balaban J connectivity index is 1.32. The number of nitrogens with zero attached hydrogens (tertiary/aromatic N) is 3. The second-order valence-corrected chi connectivity index (χ2v) is 9.45. The summed E-state index contributed by atoms with van der Waals surface area (Å²) in [7, 11) is 0. The lowest BCUT2D eigenvalue weighted by atomic mass is 10.1. The molecule has 0 saturated carbocycles. The first-order valence-corrected chi connectivity index (χ1v) is 12.1. The summed E-state index contributed by atoms with van der Waals surface area (Å²) in [4.78, 5) is 23.6. The van der Waals surface area contributed by atoms with Crippen LogP contribution >= 0.6 is 11.3 Å². The average molecular weight is 495 g/mol. The molecule has 7 nitrogen and oxygen atoms in total. The number of rotatable bonds is 6.